The quantitative estimate of drug-likeness (QED) is 0.375. The standard InChI is InChI=1S/C19H26ClN5O.HI/c1-3-21-19(25-12-4-5-14(2)13-25)22-11-10-17-23-18(24-26-17)15-6-8-16(20)9-7-15;/h6-9,14H,3-5,10-13H2,1-2H3,(H,21,22);1H. The maximum Gasteiger partial charge on any atom is 0.228 e. The number of hydrogen-bond acceptors (Lipinski definition) is 4. The molecule has 2 heterocycles. The third-order valence-corrected chi connectivity index (χ3v) is 4.70. The van der Waals surface area contributed by atoms with E-state index in [9.17, 15) is 0 Å². The average molecular weight is 504 g/mol. The third kappa shape index (κ3) is 6.34. The molecule has 148 valence electrons. The van der Waals surface area contributed by atoms with Gasteiger partial charge in [0.05, 0.1) is 6.54 Å². The number of guanidine groups is 1. The molecule has 6 nitrogen and oxygen atoms in total. The molecule has 1 unspecified atom stereocenters. The molecule has 8 heteroatoms. The molecule has 1 aliphatic heterocycles. The van der Waals surface area contributed by atoms with E-state index in [1.165, 1.54) is 12.8 Å². The van der Waals surface area contributed by atoms with Crippen LogP contribution >= 0.6 is 35.6 Å². The van der Waals surface area contributed by atoms with Crippen molar-refractivity contribution in [3.63, 3.8) is 0 Å². The van der Waals surface area contributed by atoms with E-state index in [0.29, 0.717) is 35.6 Å². The molecule has 0 aliphatic carbocycles. The highest BCUT2D eigenvalue weighted by atomic mass is 127. The number of likely N-dealkylation sites (tertiary alicyclic amines) is 1. The lowest BCUT2D eigenvalue weighted by Crippen LogP contribution is -2.46. The van der Waals surface area contributed by atoms with E-state index in [0.717, 1.165) is 31.2 Å². The highest BCUT2D eigenvalue weighted by Crippen LogP contribution is 2.19. The summed E-state index contributed by atoms with van der Waals surface area (Å²) in [5.41, 5.74) is 0.892. The number of hydrogen-bond donors (Lipinski definition) is 1. The molecule has 0 amide bonds. The Morgan fingerprint density at radius 2 is 2.15 bits per heavy atom. The molecule has 27 heavy (non-hydrogen) atoms. The van der Waals surface area contributed by atoms with Gasteiger partial charge in [0.1, 0.15) is 0 Å². The van der Waals surface area contributed by atoms with E-state index in [1.54, 1.807) is 0 Å². The van der Waals surface area contributed by atoms with Crippen molar-refractivity contribution in [2.24, 2.45) is 10.9 Å². The Morgan fingerprint density at radius 1 is 1.37 bits per heavy atom. The molecule has 0 bridgehead atoms. The molecular weight excluding hydrogens is 477 g/mol. The number of nitrogens with one attached hydrogen (secondary N) is 1. The first-order valence-corrected chi connectivity index (χ1v) is 9.65. The Kier molecular flexibility index (Phi) is 8.82. The largest absolute Gasteiger partial charge is 0.357 e. The number of piperidine rings is 1. The monoisotopic (exact) mass is 503 g/mol. The summed E-state index contributed by atoms with van der Waals surface area (Å²) in [5.74, 6) is 2.88. The van der Waals surface area contributed by atoms with Crippen molar-refractivity contribution in [3.8, 4) is 11.4 Å². The number of aromatic nitrogens is 2. The van der Waals surface area contributed by atoms with Crippen molar-refractivity contribution in [1.29, 1.82) is 0 Å². The summed E-state index contributed by atoms with van der Waals surface area (Å²) in [5, 5.41) is 8.13. The van der Waals surface area contributed by atoms with Gasteiger partial charge in [0.25, 0.3) is 0 Å². The van der Waals surface area contributed by atoms with Gasteiger partial charge in [-0.15, -0.1) is 24.0 Å². The molecule has 1 N–H and O–H groups in total. The van der Waals surface area contributed by atoms with Crippen molar-refractivity contribution in [2.75, 3.05) is 26.2 Å². The van der Waals surface area contributed by atoms with E-state index in [2.05, 4.69) is 34.2 Å². The van der Waals surface area contributed by atoms with Crippen molar-refractivity contribution < 1.29 is 4.52 Å². The lowest BCUT2D eigenvalue weighted by Gasteiger charge is -2.33. The molecule has 1 fully saturated rings. The summed E-state index contributed by atoms with van der Waals surface area (Å²) in [7, 11) is 0. The predicted octanol–water partition coefficient (Wildman–Crippen LogP) is 4.25. The van der Waals surface area contributed by atoms with Crippen molar-refractivity contribution >= 4 is 41.5 Å². The first-order valence-electron chi connectivity index (χ1n) is 9.27. The minimum absolute atomic E-state index is 0. The zero-order valence-electron chi connectivity index (χ0n) is 15.8. The number of rotatable bonds is 5. The fraction of sp³-hybridized carbons (Fsp3) is 0.526. The average Bonchev–Trinajstić information content (AvgIpc) is 3.10. The van der Waals surface area contributed by atoms with E-state index < -0.39 is 0 Å². The predicted molar refractivity (Wildman–Crippen MR) is 120 cm³/mol. The van der Waals surface area contributed by atoms with Gasteiger partial charge in [0.2, 0.25) is 11.7 Å². The number of nitrogens with zero attached hydrogens (tertiary/aromatic N) is 4. The van der Waals surface area contributed by atoms with E-state index in [1.807, 2.05) is 24.3 Å². The van der Waals surface area contributed by atoms with Gasteiger partial charge in [0, 0.05) is 36.6 Å². The smallest absolute Gasteiger partial charge is 0.228 e. The van der Waals surface area contributed by atoms with Crippen LogP contribution in [0.25, 0.3) is 11.4 Å². The van der Waals surface area contributed by atoms with Gasteiger partial charge in [-0.2, -0.15) is 4.98 Å². The molecule has 1 aromatic carbocycles. The van der Waals surface area contributed by atoms with Crippen molar-refractivity contribution in [1.82, 2.24) is 20.4 Å². The van der Waals surface area contributed by atoms with Crippen LogP contribution in [0.4, 0.5) is 0 Å². The van der Waals surface area contributed by atoms with Crippen LogP contribution in [0.3, 0.4) is 0 Å². The summed E-state index contributed by atoms with van der Waals surface area (Å²) >= 11 is 5.91. The van der Waals surface area contributed by atoms with Crippen molar-refractivity contribution in [2.45, 2.75) is 33.1 Å². The number of aliphatic imine (C=N–C) groups is 1. The lowest BCUT2D eigenvalue weighted by molar-refractivity contribution is 0.266. The Bertz CT molecular complexity index is 734. The topological polar surface area (TPSA) is 66.5 Å². The maximum atomic E-state index is 5.91. The third-order valence-electron chi connectivity index (χ3n) is 4.45. The molecule has 0 saturated carbocycles. The molecule has 2 aromatic rings. The van der Waals surface area contributed by atoms with Crippen LogP contribution in [-0.4, -0.2) is 47.2 Å². The van der Waals surface area contributed by atoms with Crippen LogP contribution in [0.5, 0.6) is 0 Å². The SMILES string of the molecule is CCNC(=NCCc1nc(-c2ccc(Cl)cc2)no1)N1CCCC(C)C1.I. The summed E-state index contributed by atoms with van der Waals surface area (Å²) < 4.78 is 5.36. The Hall–Kier alpha value is -1.35. The Balaban J connectivity index is 0.00000261. The summed E-state index contributed by atoms with van der Waals surface area (Å²) in [6, 6.07) is 7.41. The highest BCUT2D eigenvalue weighted by molar-refractivity contribution is 14.0. The van der Waals surface area contributed by atoms with Crippen LogP contribution in [-0.2, 0) is 6.42 Å². The molecule has 1 aliphatic rings. The van der Waals surface area contributed by atoms with Crippen LogP contribution in [0.1, 0.15) is 32.6 Å². The molecule has 1 aromatic heterocycles. The summed E-state index contributed by atoms with van der Waals surface area (Å²) in [4.78, 5) is 11.6. The van der Waals surface area contributed by atoms with Gasteiger partial charge in [0.15, 0.2) is 5.96 Å². The second-order valence-electron chi connectivity index (χ2n) is 6.70. The molecule has 1 atom stereocenters. The normalized spacial score (nSPS) is 17.5. The van der Waals surface area contributed by atoms with Crippen molar-refractivity contribution in [3.05, 3.63) is 35.2 Å². The van der Waals surface area contributed by atoms with Gasteiger partial charge in [-0.1, -0.05) is 23.7 Å². The zero-order valence-corrected chi connectivity index (χ0v) is 18.9. The van der Waals surface area contributed by atoms with Crippen LogP contribution in [0, 0.1) is 5.92 Å². The van der Waals surface area contributed by atoms with Gasteiger partial charge >= 0.3 is 0 Å². The Labute approximate surface area is 182 Å². The fourth-order valence-corrected chi connectivity index (χ4v) is 3.26. The molecule has 0 spiro atoms. The summed E-state index contributed by atoms with van der Waals surface area (Å²) in [6.07, 6.45) is 3.14. The van der Waals surface area contributed by atoms with Gasteiger partial charge in [-0.05, 0) is 49.9 Å². The second-order valence-corrected chi connectivity index (χ2v) is 7.13. The molecular formula is C19H27ClIN5O. The highest BCUT2D eigenvalue weighted by Gasteiger charge is 2.19. The maximum absolute atomic E-state index is 5.91. The van der Waals surface area contributed by atoms with Crippen LogP contribution < -0.4 is 5.32 Å². The molecule has 1 saturated heterocycles. The Morgan fingerprint density at radius 3 is 2.85 bits per heavy atom. The second kappa shape index (κ2) is 10.8. The van der Waals surface area contributed by atoms with Crippen LogP contribution in [0.2, 0.25) is 5.02 Å². The minimum atomic E-state index is 0. The number of benzene rings is 1. The van der Waals surface area contributed by atoms with Gasteiger partial charge in [-0.25, -0.2) is 0 Å². The number of halogens is 2. The fourth-order valence-electron chi connectivity index (χ4n) is 3.14. The minimum Gasteiger partial charge on any atom is -0.357 e. The lowest BCUT2D eigenvalue weighted by atomic mass is 10.0. The first-order chi connectivity index (χ1) is 12.7. The van der Waals surface area contributed by atoms with E-state index >= 15 is 0 Å². The van der Waals surface area contributed by atoms with Crippen LogP contribution in [0.15, 0.2) is 33.8 Å². The molecule has 3 rings (SSSR count). The van der Waals surface area contributed by atoms with E-state index in [4.69, 9.17) is 21.1 Å². The zero-order chi connectivity index (χ0) is 18.4. The van der Waals surface area contributed by atoms with Gasteiger partial charge < -0.3 is 14.7 Å². The van der Waals surface area contributed by atoms with Gasteiger partial charge in [-0.3, -0.25) is 4.99 Å². The first kappa shape index (κ1) is 21.9. The summed E-state index contributed by atoms with van der Waals surface area (Å²) in [6.45, 7) is 8.01. The molecule has 0 radical (unpaired) electrons. The van der Waals surface area contributed by atoms with E-state index in [-0.39, 0.29) is 24.0 Å².